The van der Waals surface area contributed by atoms with Crippen molar-refractivity contribution < 1.29 is 31.1 Å². The molecule has 0 spiro atoms. The molecule has 1 fully saturated rings. The Balaban J connectivity index is 1.35. The molecule has 0 unspecified atom stereocenters. The number of para-hydroxylation sites is 2. The summed E-state index contributed by atoms with van der Waals surface area (Å²) < 4.78 is 69.1. The monoisotopic (exact) mass is 713 g/mol. The van der Waals surface area contributed by atoms with Crippen molar-refractivity contribution in [3.8, 4) is 11.5 Å². The normalized spacial score (nSPS) is 13.5. The predicted octanol–water partition coefficient (Wildman–Crippen LogP) is 4.99. The highest BCUT2D eigenvalue weighted by atomic mass is 35.5. The Morgan fingerprint density at radius 3 is 2.23 bits per heavy atom. The van der Waals surface area contributed by atoms with Crippen LogP contribution in [-0.2, 0) is 24.8 Å². The largest absolute Gasteiger partial charge is 0.495 e. The van der Waals surface area contributed by atoms with Gasteiger partial charge in [0.05, 0.1) is 39.0 Å². The zero-order valence-electron chi connectivity index (χ0n) is 26.5. The van der Waals surface area contributed by atoms with E-state index in [-0.39, 0.29) is 31.9 Å². The minimum absolute atomic E-state index is 0.0190. The molecule has 0 saturated carbocycles. The highest BCUT2D eigenvalue weighted by molar-refractivity contribution is 7.93. The lowest BCUT2D eigenvalue weighted by Gasteiger charge is -2.31. The van der Waals surface area contributed by atoms with Crippen molar-refractivity contribution in [1.82, 2.24) is 5.32 Å². The van der Waals surface area contributed by atoms with E-state index in [2.05, 4.69) is 20.1 Å². The SMILES string of the molecule is COc1ccccc1NS(=O)(=O)c1ccc(N2CCNCC2)c(NC(=O)COc2cc(S(=O)(=O)Nc3ccc(C)c(C)c3)ccc2Cl)c1. The molecule has 0 bridgehead atoms. The third-order valence-electron chi connectivity index (χ3n) is 7.69. The molecular formula is C33H36ClN5O7S2. The van der Waals surface area contributed by atoms with Gasteiger partial charge in [0.25, 0.3) is 26.0 Å². The Labute approximate surface area is 285 Å². The summed E-state index contributed by atoms with van der Waals surface area (Å²) in [5.74, 6) is -0.286. The van der Waals surface area contributed by atoms with Gasteiger partial charge < -0.3 is 25.0 Å². The van der Waals surface area contributed by atoms with Gasteiger partial charge in [-0.1, -0.05) is 29.8 Å². The highest BCUT2D eigenvalue weighted by Crippen LogP contribution is 2.33. The van der Waals surface area contributed by atoms with Crippen LogP contribution in [0, 0.1) is 13.8 Å². The molecule has 4 aromatic rings. The lowest BCUT2D eigenvalue weighted by molar-refractivity contribution is -0.118. The van der Waals surface area contributed by atoms with Gasteiger partial charge in [0.1, 0.15) is 11.5 Å². The summed E-state index contributed by atoms with van der Waals surface area (Å²) >= 11 is 6.31. The number of methoxy groups -OCH3 is 1. The number of hydrogen-bond donors (Lipinski definition) is 4. The number of sulfonamides is 2. The van der Waals surface area contributed by atoms with Crippen LogP contribution in [-0.4, -0.2) is 62.6 Å². The summed E-state index contributed by atoms with van der Waals surface area (Å²) in [5.41, 5.74) is 3.50. The first-order valence-corrected chi connectivity index (χ1v) is 18.3. The second kappa shape index (κ2) is 14.7. The zero-order chi connectivity index (χ0) is 34.5. The van der Waals surface area contributed by atoms with Gasteiger partial charge in [-0.15, -0.1) is 0 Å². The molecule has 0 aliphatic carbocycles. The molecule has 0 radical (unpaired) electrons. The molecule has 1 aliphatic rings. The van der Waals surface area contributed by atoms with Crippen molar-refractivity contribution in [2.45, 2.75) is 23.6 Å². The van der Waals surface area contributed by atoms with Crippen LogP contribution in [0.5, 0.6) is 11.5 Å². The Hall–Kier alpha value is -4.50. The van der Waals surface area contributed by atoms with Crippen LogP contribution in [0.15, 0.2) is 88.7 Å². The molecule has 1 heterocycles. The van der Waals surface area contributed by atoms with Crippen molar-refractivity contribution >= 4 is 60.3 Å². The molecular weight excluding hydrogens is 678 g/mol. The van der Waals surface area contributed by atoms with Crippen LogP contribution in [0.3, 0.4) is 0 Å². The quantitative estimate of drug-likeness (QED) is 0.159. The topological polar surface area (TPSA) is 155 Å². The van der Waals surface area contributed by atoms with Gasteiger partial charge in [-0.3, -0.25) is 14.2 Å². The first-order valence-electron chi connectivity index (χ1n) is 14.9. The van der Waals surface area contributed by atoms with Crippen LogP contribution >= 0.6 is 11.6 Å². The Kier molecular flexibility index (Phi) is 10.7. The van der Waals surface area contributed by atoms with Gasteiger partial charge >= 0.3 is 0 Å². The number of amides is 1. The molecule has 254 valence electrons. The molecule has 48 heavy (non-hydrogen) atoms. The van der Waals surface area contributed by atoms with Gasteiger partial charge in [-0.25, -0.2) is 16.8 Å². The third-order valence-corrected chi connectivity index (χ3v) is 10.7. The van der Waals surface area contributed by atoms with E-state index in [9.17, 15) is 21.6 Å². The number of aryl methyl sites for hydroxylation is 2. The zero-order valence-corrected chi connectivity index (χ0v) is 28.9. The van der Waals surface area contributed by atoms with Gasteiger partial charge in [0.15, 0.2) is 6.61 Å². The summed E-state index contributed by atoms with van der Waals surface area (Å²) in [6.07, 6.45) is 0. The number of carbonyl (C=O) groups excluding carboxylic acids is 1. The Bertz CT molecular complexity index is 2040. The van der Waals surface area contributed by atoms with E-state index in [0.29, 0.717) is 43.3 Å². The van der Waals surface area contributed by atoms with Crippen LogP contribution in [0.4, 0.5) is 22.7 Å². The Morgan fingerprint density at radius 1 is 0.812 bits per heavy atom. The number of piperazine rings is 1. The fourth-order valence-corrected chi connectivity index (χ4v) is 7.34. The van der Waals surface area contributed by atoms with E-state index in [0.717, 1.165) is 11.1 Å². The van der Waals surface area contributed by atoms with E-state index >= 15 is 0 Å². The highest BCUT2D eigenvalue weighted by Gasteiger charge is 2.23. The number of anilines is 4. The van der Waals surface area contributed by atoms with Crippen molar-refractivity contribution in [1.29, 1.82) is 0 Å². The second-order valence-corrected chi connectivity index (χ2v) is 14.8. The number of carbonyl (C=O) groups is 1. The molecule has 0 atom stereocenters. The minimum atomic E-state index is -4.08. The predicted molar refractivity (Wildman–Crippen MR) is 188 cm³/mol. The molecule has 5 rings (SSSR count). The van der Waals surface area contributed by atoms with Gasteiger partial charge in [0.2, 0.25) is 0 Å². The summed E-state index contributed by atoms with van der Waals surface area (Å²) in [5, 5.41) is 6.14. The summed E-state index contributed by atoms with van der Waals surface area (Å²) in [4.78, 5) is 15.1. The van der Waals surface area contributed by atoms with E-state index < -0.39 is 32.6 Å². The van der Waals surface area contributed by atoms with Gasteiger partial charge in [-0.2, -0.15) is 0 Å². The maximum Gasteiger partial charge on any atom is 0.262 e. The van der Waals surface area contributed by atoms with Crippen molar-refractivity contribution in [3.63, 3.8) is 0 Å². The third kappa shape index (κ3) is 8.31. The first-order chi connectivity index (χ1) is 22.9. The number of nitrogens with one attached hydrogen (secondary N) is 4. The van der Waals surface area contributed by atoms with Crippen LogP contribution in [0.25, 0.3) is 0 Å². The standard InChI is InChI=1S/C33H36ClN5O7S2/c1-22-8-9-24(18-23(22)2)37-47(41,42)26-10-12-27(34)32(20-26)46-21-33(40)36-29-19-25(11-13-30(29)39-16-14-35-15-17-39)48(43,44)38-28-6-4-5-7-31(28)45-3/h4-13,18-20,35,37-38H,14-17,21H2,1-3H3,(H,36,40). The molecule has 1 saturated heterocycles. The maximum atomic E-state index is 13.4. The maximum absolute atomic E-state index is 13.4. The number of ether oxygens (including phenoxy) is 2. The lowest BCUT2D eigenvalue weighted by atomic mass is 10.1. The summed E-state index contributed by atoms with van der Waals surface area (Å²) in [6, 6.07) is 20.3. The average molecular weight is 714 g/mol. The van der Waals surface area contributed by atoms with Gasteiger partial charge in [-0.05, 0) is 79.6 Å². The minimum Gasteiger partial charge on any atom is -0.495 e. The fraction of sp³-hybridized carbons (Fsp3) is 0.242. The smallest absolute Gasteiger partial charge is 0.262 e. The number of nitrogens with zero attached hydrogens (tertiary/aromatic N) is 1. The molecule has 4 N–H and O–H groups in total. The van der Waals surface area contributed by atoms with E-state index in [1.54, 1.807) is 42.5 Å². The average Bonchev–Trinajstić information content (AvgIpc) is 3.06. The van der Waals surface area contributed by atoms with E-state index in [1.165, 1.54) is 37.4 Å². The van der Waals surface area contributed by atoms with Crippen LogP contribution in [0.2, 0.25) is 5.02 Å². The number of halogens is 1. The molecule has 1 aliphatic heterocycles. The molecule has 15 heteroatoms. The lowest BCUT2D eigenvalue weighted by Crippen LogP contribution is -2.43. The Morgan fingerprint density at radius 2 is 1.50 bits per heavy atom. The van der Waals surface area contributed by atoms with E-state index in [4.69, 9.17) is 21.1 Å². The number of hydrogen-bond acceptors (Lipinski definition) is 9. The van der Waals surface area contributed by atoms with Gasteiger partial charge in [0, 0.05) is 37.9 Å². The van der Waals surface area contributed by atoms with E-state index in [1.807, 2.05) is 24.8 Å². The molecule has 12 nitrogen and oxygen atoms in total. The van der Waals surface area contributed by atoms with Crippen LogP contribution in [0.1, 0.15) is 11.1 Å². The number of benzene rings is 4. The van der Waals surface area contributed by atoms with Crippen molar-refractivity contribution in [2.24, 2.45) is 0 Å². The number of rotatable bonds is 12. The molecule has 0 aromatic heterocycles. The second-order valence-electron chi connectivity index (χ2n) is 11.1. The summed E-state index contributed by atoms with van der Waals surface area (Å²) in [7, 11) is -6.65. The fourth-order valence-electron chi connectivity index (χ4n) is 5.01. The van der Waals surface area contributed by atoms with Crippen molar-refractivity contribution in [3.05, 3.63) is 95.0 Å². The molecule has 1 amide bonds. The van der Waals surface area contributed by atoms with Crippen LogP contribution < -0.4 is 34.5 Å². The van der Waals surface area contributed by atoms with Crippen molar-refractivity contribution in [2.75, 3.05) is 59.6 Å². The summed E-state index contributed by atoms with van der Waals surface area (Å²) in [6.45, 7) is 5.97. The first kappa shape index (κ1) is 34.8. The molecule has 4 aromatic carbocycles.